The van der Waals surface area contributed by atoms with Crippen LogP contribution >= 0.6 is 0 Å². The van der Waals surface area contributed by atoms with Crippen LogP contribution in [-0.2, 0) is 10.8 Å². The van der Waals surface area contributed by atoms with Gasteiger partial charge in [-0.2, -0.15) is 0 Å². The van der Waals surface area contributed by atoms with Crippen LogP contribution in [0.1, 0.15) is 33.1 Å². The van der Waals surface area contributed by atoms with Crippen molar-refractivity contribution in [3.8, 4) is 0 Å². The second kappa shape index (κ2) is 8.43. The molecule has 0 radical (unpaired) electrons. The molecule has 1 N–H and O–H groups in total. The quantitative estimate of drug-likeness (QED) is 0.722. The highest BCUT2D eigenvalue weighted by molar-refractivity contribution is 7.85. The van der Waals surface area contributed by atoms with Crippen molar-refractivity contribution in [2.75, 3.05) is 12.3 Å². The first kappa shape index (κ1) is 14.4. The minimum atomic E-state index is -0.822. The number of rotatable bonds is 8. The van der Waals surface area contributed by atoms with E-state index in [4.69, 9.17) is 0 Å². The van der Waals surface area contributed by atoms with E-state index in [0.717, 1.165) is 30.0 Å². The van der Waals surface area contributed by atoms with Crippen LogP contribution in [-0.4, -0.2) is 22.5 Å². The predicted octanol–water partition coefficient (Wildman–Crippen LogP) is 2.96. The van der Waals surface area contributed by atoms with E-state index in [1.807, 2.05) is 30.3 Å². The van der Waals surface area contributed by atoms with Crippen molar-refractivity contribution in [1.29, 1.82) is 0 Å². The zero-order chi connectivity index (χ0) is 12.5. The van der Waals surface area contributed by atoms with Gasteiger partial charge in [0.15, 0.2) is 0 Å². The number of hydrogen-bond acceptors (Lipinski definition) is 2. The third-order valence-corrected chi connectivity index (χ3v) is 4.23. The van der Waals surface area contributed by atoms with E-state index in [0.29, 0.717) is 6.04 Å². The maximum absolute atomic E-state index is 11.9. The molecule has 2 atom stereocenters. The van der Waals surface area contributed by atoms with Crippen molar-refractivity contribution in [3.05, 3.63) is 30.3 Å². The maximum atomic E-state index is 11.9. The molecule has 2 nitrogen and oxygen atoms in total. The Morgan fingerprint density at radius 3 is 2.59 bits per heavy atom. The van der Waals surface area contributed by atoms with Gasteiger partial charge in [-0.3, -0.25) is 4.21 Å². The van der Waals surface area contributed by atoms with Gasteiger partial charge in [0, 0.05) is 16.7 Å². The molecule has 0 fully saturated rings. The zero-order valence-corrected chi connectivity index (χ0v) is 11.6. The van der Waals surface area contributed by atoms with E-state index < -0.39 is 10.8 Å². The molecule has 0 saturated carbocycles. The van der Waals surface area contributed by atoms with Gasteiger partial charge >= 0.3 is 0 Å². The Hall–Kier alpha value is -0.670. The van der Waals surface area contributed by atoms with E-state index in [1.54, 1.807) is 0 Å². The Morgan fingerprint density at radius 1 is 1.24 bits per heavy atom. The zero-order valence-electron chi connectivity index (χ0n) is 10.8. The molecule has 3 heteroatoms. The molecule has 1 rings (SSSR count). The maximum Gasteiger partial charge on any atom is 0.0529 e. The first-order chi connectivity index (χ1) is 8.24. The van der Waals surface area contributed by atoms with E-state index in [2.05, 4.69) is 19.2 Å². The highest BCUT2D eigenvalue weighted by atomic mass is 32.2. The molecule has 1 aromatic rings. The van der Waals surface area contributed by atoms with Crippen molar-refractivity contribution in [3.63, 3.8) is 0 Å². The molecule has 0 aliphatic carbocycles. The fraction of sp³-hybridized carbons (Fsp3) is 0.571. The van der Waals surface area contributed by atoms with Crippen LogP contribution in [0.3, 0.4) is 0 Å². The van der Waals surface area contributed by atoms with Gasteiger partial charge in [-0.25, -0.2) is 0 Å². The van der Waals surface area contributed by atoms with Crippen LogP contribution in [0.15, 0.2) is 35.2 Å². The fourth-order valence-corrected chi connectivity index (χ4v) is 2.99. The molecule has 0 amide bonds. The lowest BCUT2D eigenvalue weighted by atomic mass is 10.1. The molecular weight excluding hydrogens is 230 g/mol. The van der Waals surface area contributed by atoms with Crippen molar-refractivity contribution < 1.29 is 4.21 Å². The van der Waals surface area contributed by atoms with Crippen molar-refractivity contribution in [2.24, 2.45) is 0 Å². The van der Waals surface area contributed by atoms with Crippen LogP contribution in [0.4, 0.5) is 0 Å². The summed E-state index contributed by atoms with van der Waals surface area (Å²) in [5.74, 6) is 0.781. The Bertz CT molecular complexity index is 326. The molecule has 17 heavy (non-hydrogen) atoms. The summed E-state index contributed by atoms with van der Waals surface area (Å²) >= 11 is 0. The first-order valence-electron chi connectivity index (χ1n) is 6.41. The Labute approximate surface area is 107 Å². The summed E-state index contributed by atoms with van der Waals surface area (Å²) in [6.45, 7) is 5.36. The largest absolute Gasteiger partial charge is 0.315 e. The standard InChI is InChI=1S/C14H23NOS/c1-3-15-13(2)9-7-8-12-17(16)14-10-5-4-6-11-14/h4-6,10-11,13,15H,3,7-9,12H2,1-2H3. The van der Waals surface area contributed by atoms with E-state index in [9.17, 15) is 4.21 Å². The molecule has 0 aliphatic heterocycles. The van der Waals surface area contributed by atoms with Gasteiger partial charge in [-0.05, 0) is 38.4 Å². The number of hydrogen-bond donors (Lipinski definition) is 1. The molecule has 0 bridgehead atoms. The smallest absolute Gasteiger partial charge is 0.0529 e. The molecule has 0 aromatic heterocycles. The van der Waals surface area contributed by atoms with E-state index in [1.165, 1.54) is 6.42 Å². The molecule has 0 heterocycles. The second-order valence-corrected chi connectivity index (χ2v) is 5.89. The summed E-state index contributed by atoms with van der Waals surface area (Å²) in [6, 6.07) is 10.3. The summed E-state index contributed by atoms with van der Waals surface area (Å²) in [5, 5.41) is 3.39. The van der Waals surface area contributed by atoms with Crippen LogP contribution in [0.2, 0.25) is 0 Å². The summed E-state index contributed by atoms with van der Waals surface area (Å²) in [4.78, 5) is 0.951. The molecule has 96 valence electrons. The normalized spacial score (nSPS) is 14.5. The summed E-state index contributed by atoms with van der Waals surface area (Å²) in [6.07, 6.45) is 3.35. The van der Waals surface area contributed by atoms with E-state index >= 15 is 0 Å². The number of nitrogens with one attached hydrogen (secondary N) is 1. The van der Waals surface area contributed by atoms with Crippen molar-refractivity contribution in [2.45, 2.75) is 44.0 Å². The van der Waals surface area contributed by atoms with Gasteiger partial charge in [-0.15, -0.1) is 0 Å². The van der Waals surface area contributed by atoms with Crippen molar-refractivity contribution in [1.82, 2.24) is 5.32 Å². The fourth-order valence-electron chi connectivity index (χ4n) is 1.82. The van der Waals surface area contributed by atoms with Gasteiger partial charge < -0.3 is 5.32 Å². The first-order valence-corrected chi connectivity index (χ1v) is 7.72. The Balaban J connectivity index is 2.17. The van der Waals surface area contributed by atoms with Crippen molar-refractivity contribution >= 4 is 10.8 Å². The monoisotopic (exact) mass is 253 g/mol. The van der Waals surface area contributed by atoms with Crippen LogP contribution in [0.5, 0.6) is 0 Å². The van der Waals surface area contributed by atoms with Crippen LogP contribution < -0.4 is 5.32 Å². The van der Waals surface area contributed by atoms with Crippen LogP contribution in [0, 0.1) is 0 Å². The predicted molar refractivity (Wildman–Crippen MR) is 74.7 cm³/mol. The third-order valence-electron chi connectivity index (χ3n) is 2.78. The molecule has 2 unspecified atom stereocenters. The lowest BCUT2D eigenvalue weighted by molar-refractivity contribution is 0.509. The number of unbranched alkanes of at least 4 members (excludes halogenated alkanes) is 1. The lowest BCUT2D eigenvalue weighted by Crippen LogP contribution is -2.25. The van der Waals surface area contributed by atoms with Gasteiger partial charge in [0.2, 0.25) is 0 Å². The molecule has 0 aliphatic rings. The second-order valence-electron chi connectivity index (χ2n) is 4.32. The highest BCUT2D eigenvalue weighted by Crippen LogP contribution is 2.09. The third kappa shape index (κ3) is 5.99. The molecule has 0 saturated heterocycles. The summed E-state index contributed by atoms with van der Waals surface area (Å²) < 4.78 is 11.9. The topological polar surface area (TPSA) is 29.1 Å². The van der Waals surface area contributed by atoms with E-state index in [-0.39, 0.29) is 0 Å². The SMILES string of the molecule is CCNC(C)CCCCS(=O)c1ccccc1. The van der Waals surface area contributed by atoms with Crippen LogP contribution in [0.25, 0.3) is 0 Å². The molecule has 1 aromatic carbocycles. The van der Waals surface area contributed by atoms with Gasteiger partial charge in [0.1, 0.15) is 0 Å². The summed E-state index contributed by atoms with van der Waals surface area (Å²) in [7, 11) is -0.822. The minimum Gasteiger partial charge on any atom is -0.315 e. The highest BCUT2D eigenvalue weighted by Gasteiger charge is 2.04. The van der Waals surface area contributed by atoms with Gasteiger partial charge in [0.05, 0.1) is 10.8 Å². The van der Waals surface area contributed by atoms with Gasteiger partial charge in [0.25, 0.3) is 0 Å². The minimum absolute atomic E-state index is 0.574. The average molecular weight is 253 g/mol. The lowest BCUT2D eigenvalue weighted by Gasteiger charge is -2.11. The Kier molecular flexibility index (Phi) is 7.13. The average Bonchev–Trinajstić information content (AvgIpc) is 2.36. The molecule has 0 spiro atoms. The number of benzene rings is 1. The Morgan fingerprint density at radius 2 is 1.94 bits per heavy atom. The van der Waals surface area contributed by atoms with Gasteiger partial charge in [-0.1, -0.05) is 31.5 Å². The summed E-state index contributed by atoms with van der Waals surface area (Å²) in [5.41, 5.74) is 0. The molecular formula is C14H23NOS.